The van der Waals surface area contributed by atoms with Crippen LogP contribution >= 0.6 is 11.6 Å². The molecule has 1 saturated carbocycles. The van der Waals surface area contributed by atoms with E-state index in [1.54, 1.807) is 25.1 Å². The van der Waals surface area contributed by atoms with Crippen molar-refractivity contribution in [2.24, 2.45) is 11.8 Å². The summed E-state index contributed by atoms with van der Waals surface area (Å²) < 4.78 is 4.99. The maximum absolute atomic E-state index is 12.4. The molecule has 3 amide bonds. The smallest absolute Gasteiger partial charge is 0.308 e. The van der Waals surface area contributed by atoms with E-state index in [0.717, 1.165) is 31.2 Å². The Hall–Kier alpha value is -2.41. The van der Waals surface area contributed by atoms with Crippen LogP contribution in [0.5, 0.6) is 0 Å². The summed E-state index contributed by atoms with van der Waals surface area (Å²) in [5.41, 5.74) is 0.838. The highest BCUT2D eigenvalue weighted by molar-refractivity contribution is 6.30. The number of nitrogens with zero attached hydrogens (tertiary/aromatic N) is 1. The third-order valence-electron chi connectivity index (χ3n) is 5.56. The molecule has 0 aromatic heterocycles. The molecule has 29 heavy (non-hydrogen) atoms. The number of rotatable bonds is 7. The number of nitrogens with one attached hydrogen (secondary N) is 1. The molecular formula is C21H25ClN2O5. The van der Waals surface area contributed by atoms with Crippen LogP contribution in [-0.4, -0.2) is 41.7 Å². The van der Waals surface area contributed by atoms with E-state index in [2.05, 4.69) is 5.32 Å². The van der Waals surface area contributed by atoms with E-state index in [4.69, 9.17) is 16.3 Å². The number of esters is 1. The Morgan fingerprint density at radius 1 is 1.21 bits per heavy atom. The van der Waals surface area contributed by atoms with Crippen LogP contribution in [-0.2, 0) is 23.9 Å². The summed E-state index contributed by atoms with van der Waals surface area (Å²) in [5.74, 6) is -1.88. The number of hydrogen-bond acceptors (Lipinski definition) is 5. The lowest BCUT2D eigenvalue weighted by Gasteiger charge is -2.19. The summed E-state index contributed by atoms with van der Waals surface area (Å²) in [6, 6.07) is 6.83. The fraction of sp³-hybridized carbons (Fsp3) is 0.524. The number of carbonyl (C=O) groups excluding carboxylic acids is 4. The summed E-state index contributed by atoms with van der Waals surface area (Å²) in [7, 11) is 0. The molecule has 7 nitrogen and oxygen atoms in total. The lowest BCUT2D eigenvalue weighted by Crippen LogP contribution is -2.34. The first-order valence-electron chi connectivity index (χ1n) is 9.92. The van der Waals surface area contributed by atoms with Crippen molar-refractivity contribution >= 4 is 35.3 Å². The van der Waals surface area contributed by atoms with Gasteiger partial charge in [-0.25, -0.2) is 0 Å². The number of halogens is 1. The van der Waals surface area contributed by atoms with E-state index in [-0.39, 0.29) is 42.7 Å². The summed E-state index contributed by atoms with van der Waals surface area (Å²) in [5, 5.41) is 3.30. The first-order valence-corrected chi connectivity index (χ1v) is 10.3. The van der Waals surface area contributed by atoms with Gasteiger partial charge in [0.2, 0.25) is 11.8 Å². The molecule has 3 rings (SSSR count). The minimum absolute atomic E-state index is 0.00400. The summed E-state index contributed by atoms with van der Waals surface area (Å²) in [4.78, 5) is 49.9. The molecule has 0 spiro atoms. The Bertz CT molecular complexity index is 788. The monoisotopic (exact) mass is 420 g/mol. The zero-order valence-corrected chi connectivity index (χ0v) is 17.1. The van der Waals surface area contributed by atoms with Crippen LogP contribution < -0.4 is 5.32 Å². The van der Waals surface area contributed by atoms with Crippen molar-refractivity contribution in [3.05, 3.63) is 34.9 Å². The second kappa shape index (κ2) is 9.39. The average Bonchev–Trinajstić information content (AvgIpc) is 2.95. The van der Waals surface area contributed by atoms with E-state index in [9.17, 15) is 19.2 Å². The molecule has 156 valence electrons. The number of carbonyl (C=O) groups is 4. The van der Waals surface area contributed by atoms with Crippen molar-refractivity contribution in [1.82, 2.24) is 10.2 Å². The van der Waals surface area contributed by atoms with Gasteiger partial charge in [0, 0.05) is 11.6 Å². The normalized spacial score (nSPS) is 22.2. The molecule has 1 saturated heterocycles. The number of imide groups is 1. The summed E-state index contributed by atoms with van der Waals surface area (Å²) >= 11 is 5.94. The van der Waals surface area contributed by atoms with Gasteiger partial charge in [0.05, 0.1) is 24.3 Å². The van der Waals surface area contributed by atoms with Crippen LogP contribution in [0.3, 0.4) is 0 Å². The van der Waals surface area contributed by atoms with Crippen molar-refractivity contribution in [3.8, 4) is 0 Å². The molecule has 3 atom stereocenters. The topological polar surface area (TPSA) is 92.8 Å². The Balaban J connectivity index is 1.41. The van der Waals surface area contributed by atoms with Gasteiger partial charge in [-0.1, -0.05) is 36.6 Å². The highest BCUT2D eigenvalue weighted by Crippen LogP contribution is 2.37. The first-order chi connectivity index (χ1) is 13.9. The van der Waals surface area contributed by atoms with Gasteiger partial charge in [0.15, 0.2) is 6.61 Å². The molecule has 8 heteroatoms. The Morgan fingerprint density at radius 3 is 2.48 bits per heavy atom. The molecule has 1 aliphatic heterocycles. The number of likely N-dealkylation sites (tertiary alicyclic amines) is 1. The van der Waals surface area contributed by atoms with Crippen molar-refractivity contribution < 1.29 is 23.9 Å². The second-order valence-corrected chi connectivity index (χ2v) is 8.02. The fourth-order valence-corrected chi connectivity index (χ4v) is 4.21. The van der Waals surface area contributed by atoms with Gasteiger partial charge in [0.25, 0.3) is 5.91 Å². The maximum Gasteiger partial charge on any atom is 0.308 e. The molecule has 1 N–H and O–H groups in total. The van der Waals surface area contributed by atoms with E-state index < -0.39 is 18.5 Å². The standard InChI is InChI=1S/C21H25ClN2O5/c1-13(14-5-4-6-15(22)11-14)23-18(25)12-29-19(26)9-10-24-20(27)16-7-2-3-8-17(16)21(24)28/h4-6,11,13,16-17H,2-3,7-10,12H2,1H3,(H,23,25)/t13-,16-,17+/m1/s1. The highest BCUT2D eigenvalue weighted by Gasteiger charge is 2.47. The molecule has 1 aromatic carbocycles. The van der Waals surface area contributed by atoms with Crippen molar-refractivity contribution in [3.63, 3.8) is 0 Å². The highest BCUT2D eigenvalue weighted by atomic mass is 35.5. The van der Waals surface area contributed by atoms with Crippen LogP contribution in [0.4, 0.5) is 0 Å². The molecule has 0 radical (unpaired) electrons. The number of ether oxygens (including phenoxy) is 1. The Morgan fingerprint density at radius 2 is 1.86 bits per heavy atom. The van der Waals surface area contributed by atoms with E-state index in [0.29, 0.717) is 5.02 Å². The minimum Gasteiger partial charge on any atom is -0.456 e. The lowest BCUT2D eigenvalue weighted by molar-refractivity contribution is -0.150. The van der Waals surface area contributed by atoms with Crippen LogP contribution in [0.2, 0.25) is 5.02 Å². The molecule has 2 fully saturated rings. The van der Waals surface area contributed by atoms with Gasteiger partial charge in [0.1, 0.15) is 0 Å². The van der Waals surface area contributed by atoms with Gasteiger partial charge in [-0.15, -0.1) is 0 Å². The van der Waals surface area contributed by atoms with Crippen molar-refractivity contribution in [2.75, 3.05) is 13.2 Å². The molecular weight excluding hydrogens is 396 g/mol. The molecule has 1 aliphatic carbocycles. The quantitative estimate of drug-likeness (QED) is 0.540. The summed E-state index contributed by atoms with van der Waals surface area (Å²) in [6.45, 7) is 1.39. The summed E-state index contributed by atoms with van der Waals surface area (Å²) in [6.07, 6.45) is 3.27. The fourth-order valence-electron chi connectivity index (χ4n) is 4.02. The third kappa shape index (κ3) is 5.15. The van der Waals surface area contributed by atoms with E-state index in [1.807, 2.05) is 6.07 Å². The van der Waals surface area contributed by atoms with Crippen LogP contribution in [0, 0.1) is 11.8 Å². The number of fused-ring (bicyclic) bond motifs is 1. The molecule has 2 aliphatic rings. The van der Waals surface area contributed by atoms with Gasteiger partial charge < -0.3 is 10.1 Å². The molecule has 0 bridgehead atoms. The van der Waals surface area contributed by atoms with Gasteiger partial charge >= 0.3 is 5.97 Å². The zero-order chi connectivity index (χ0) is 21.0. The molecule has 1 heterocycles. The van der Waals surface area contributed by atoms with Crippen molar-refractivity contribution in [2.45, 2.75) is 45.1 Å². The minimum atomic E-state index is -0.619. The van der Waals surface area contributed by atoms with Gasteiger partial charge in [-0.05, 0) is 37.5 Å². The Labute approximate surface area is 174 Å². The predicted molar refractivity (Wildman–Crippen MR) is 106 cm³/mol. The molecule has 0 unspecified atom stereocenters. The van der Waals surface area contributed by atoms with Gasteiger partial charge in [-0.3, -0.25) is 24.1 Å². The van der Waals surface area contributed by atoms with Crippen LogP contribution in [0.25, 0.3) is 0 Å². The molecule has 1 aromatic rings. The largest absolute Gasteiger partial charge is 0.456 e. The van der Waals surface area contributed by atoms with E-state index in [1.165, 1.54) is 4.90 Å². The Kier molecular flexibility index (Phi) is 6.90. The van der Waals surface area contributed by atoms with E-state index >= 15 is 0 Å². The lowest BCUT2D eigenvalue weighted by atomic mass is 9.81. The van der Waals surface area contributed by atoms with Crippen molar-refractivity contribution in [1.29, 1.82) is 0 Å². The van der Waals surface area contributed by atoms with Crippen LogP contribution in [0.15, 0.2) is 24.3 Å². The number of benzene rings is 1. The van der Waals surface area contributed by atoms with Gasteiger partial charge in [-0.2, -0.15) is 0 Å². The predicted octanol–water partition coefficient (Wildman–Crippen LogP) is 2.63. The SMILES string of the molecule is C[C@@H](NC(=O)COC(=O)CCN1C(=O)[C@H]2CCCC[C@H]2C1=O)c1cccc(Cl)c1. The first kappa shape index (κ1) is 21.3. The number of amides is 3. The maximum atomic E-state index is 12.4. The van der Waals surface area contributed by atoms with Crippen LogP contribution in [0.1, 0.15) is 50.6 Å². The average molecular weight is 421 g/mol. The second-order valence-electron chi connectivity index (χ2n) is 7.58. The zero-order valence-electron chi connectivity index (χ0n) is 16.4. The number of hydrogen-bond donors (Lipinski definition) is 1. The third-order valence-corrected chi connectivity index (χ3v) is 5.80.